The summed E-state index contributed by atoms with van der Waals surface area (Å²) in [5.74, 6) is 0.0905. The van der Waals surface area contributed by atoms with Gasteiger partial charge in [0.1, 0.15) is 5.82 Å². The van der Waals surface area contributed by atoms with Crippen LogP contribution in [0, 0.1) is 5.82 Å². The van der Waals surface area contributed by atoms with E-state index in [4.69, 9.17) is 0 Å². The third kappa shape index (κ3) is 3.82. The number of halogens is 1. The number of nitrogens with one attached hydrogen (secondary N) is 1. The van der Waals surface area contributed by atoms with E-state index in [0.29, 0.717) is 5.92 Å². The molecule has 0 saturated carbocycles. The number of benzene rings is 3. The highest BCUT2D eigenvalue weighted by atomic mass is 19.1. The van der Waals surface area contributed by atoms with Gasteiger partial charge in [0, 0.05) is 11.3 Å². The van der Waals surface area contributed by atoms with E-state index in [-0.39, 0.29) is 5.82 Å². The molecule has 28 heavy (non-hydrogen) atoms. The molecule has 142 valence electrons. The van der Waals surface area contributed by atoms with Gasteiger partial charge in [-0.05, 0) is 67.0 Å². The Morgan fingerprint density at radius 1 is 0.964 bits per heavy atom. The Morgan fingerprint density at radius 2 is 1.75 bits per heavy atom. The van der Waals surface area contributed by atoms with E-state index in [9.17, 15) is 4.39 Å². The minimum absolute atomic E-state index is 0.242. The number of nitrogens with zero attached hydrogens (tertiary/aromatic N) is 2. The zero-order valence-electron chi connectivity index (χ0n) is 16.0. The first-order chi connectivity index (χ1) is 13.8. The second kappa shape index (κ2) is 8.36. The van der Waals surface area contributed by atoms with Crippen LogP contribution in [0.1, 0.15) is 30.4 Å². The van der Waals surface area contributed by atoms with Crippen molar-refractivity contribution in [1.82, 2.24) is 15.1 Å². The molecule has 0 aliphatic heterocycles. The Bertz CT molecular complexity index is 1040. The van der Waals surface area contributed by atoms with Crippen molar-refractivity contribution in [3.05, 3.63) is 95.9 Å². The van der Waals surface area contributed by atoms with Crippen molar-refractivity contribution in [2.24, 2.45) is 0 Å². The summed E-state index contributed by atoms with van der Waals surface area (Å²) in [5, 5.41) is 9.05. The molecule has 4 aromatic rings. The predicted octanol–water partition coefficient (Wildman–Crippen LogP) is 5.30. The summed E-state index contributed by atoms with van der Waals surface area (Å²) in [7, 11) is 0. The van der Waals surface area contributed by atoms with Crippen molar-refractivity contribution in [1.29, 1.82) is 0 Å². The van der Waals surface area contributed by atoms with Crippen molar-refractivity contribution in [3.8, 4) is 5.69 Å². The molecule has 1 heterocycles. The van der Waals surface area contributed by atoms with Crippen molar-refractivity contribution < 1.29 is 4.39 Å². The van der Waals surface area contributed by atoms with Crippen LogP contribution in [0.4, 0.5) is 4.39 Å². The van der Waals surface area contributed by atoms with Gasteiger partial charge < -0.3 is 5.32 Å². The summed E-state index contributed by atoms with van der Waals surface area (Å²) in [6.07, 6.45) is 2.92. The Morgan fingerprint density at radius 3 is 2.50 bits per heavy atom. The van der Waals surface area contributed by atoms with E-state index in [0.717, 1.165) is 36.1 Å². The van der Waals surface area contributed by atoms with Crippen LogP contribution in [0.5, 0.6) is 0 Å². The van der Waals surface area contributed by atoms with Gasteiger partial charge in [0.15, 0.2) is 0 Å². The fourth-order valence-corrected chi connectivity index (χ4v) is 3.69. The Hall–Kier alpha value is -2.98. The lowest BCUT2D eigenvalue weighted by Gasteiger charge is -2.18. The zero-order chi connectivity index (χ0) is 19.3. The standard InChI is InChI=1S/C24H24FN3/c1-2-26-15-14-23(18-6-4-3-5-7-18)19-8-13-24-20(16-19)17-27-28(24)22-11-9-21(25)10-12-22/h3-13,16-17,23,26H,2,14-15H2,1H3. The average molecular weight is 373 g/mol. The monoisotopic (exact) mass is 373 g/mol. The Balaban J connectivity index is 1.70. The van der Waals surface area contributed by atoms with Crippen LogP contribution in [0.25, 0.3) is 16.6 Å². The summed E-state index contributed by atoms with van der Waals surface area (Å²) in [5.41, 5.74) is 4.49. The molecule has 1 N–H and O–H groups in total. The van der Waals surface area contributed by atoms with Crippen LogP contribution < -0.4 is 5.32 Å². The first kappa shape index (κ1) is 18.4. The van der Waals surface area contributed by atoms with E-state index in [1.54, 1.807) is 12.1 Å². The molecule has 3 nitrogen and oxygen atoms in total. The van der Waals surface area contributed by atoms with E-state index >= 15 is 0 Å². The molecule has 1 aromatic heterocycles. The SMILES string of the molecule is CCNCCC(c1ccccc1)c1ccc2c(cnn2-c2ccc(F)cc2)c1. The molecule has 4 heteroatoms. The maximum atomic E-state index is 13.2. The fraction of sp³-hybridized carbons (Fsp3) is 0.208. The van der Waals surface area contributed by atoms with Crippen LogP contribution in [0.15, 0.2) is 79.0 Å². The molecule has 1 atom stereocenters. The van der Waals surface area contributed by atoms with Gasteiger partial charge in [-0.2, -0.15) is 5.10 Å². The van der Waals surface area contributed by atoms with Gasteiger partial charge >= 0.3 is 0 Å². The van der Waals surface area contributed by atoms with Crippen molar-refractivity contribution in [2.45, 2.75) is 19.3 Å². The molecule has 0 bridgehead atoms. The highest BCUT2D eigenvalue weighted by Crippen LogP contribution is 2.30. The molecule has 0 aliphatic rings. The first-order valence-corrected chi connectivity index (χ1v) is 9.75. The molecular formula is C24H24FN3. The molecular weight excluding hydrogens is 349 g/mol. The Kier molecular flexibility index (Phi) is 5.49. The number of rotatable bonds is 7. The topological polar surface area (TPSA) is 29.9 Å². The number of fused-ring (bicyclic) bond motifs is 1. The van der Waals surface area contributed by atoms with Gasteiger partial charge in [0.05, 0.1) is 17.4 Å². The van der Waals surface area contributed by atoms with Crippen molar-refractivity contribution in [2.75, 3.05) is 13.1 Å². The molecule has 1 unspecified atom stereocenters. The lowest BCUT2D eigenvalue weighted by Crippen LogP contribution is -2.17. The predicted molar refractivity (Wildman–Crippen MR) is 112 cm³/mol. The summed E-state index contributed by atoms with van der Waals surface area (Å²) < 4.78 is 15.1. The third-order valence-electron chi connectivity index (χ3n) is 5.13. The van der Waals surface area contributed by atoms with E-state index in [1.807, 2.05) is 10.9 Å². The van der Waals surface area contributed by atoms with Crippen LogP contribution in [0.3, 0.4) is 0 Å². The number of hydrogen-bond acceptors (Lipinski definition) is 2. The fourth-order valence-electron chi connectivity index (χ4n) is 3.69. The molecule has 3 aromatic carbocycles. The normalized spacial score (nSPS) is 12.4. The van der Waals surface area contributed by atoms with E-state index in [1.165, 1.54) is 23.3 Å². The maximum Gasteiger partial charge on any atom is 0.123 e. The largest absolute Gasteiger partial charge is 0.317 e. The molecule has 0 radical (unpaired) electrons. The molecule has 0 fully saturated rings. The molecule has 4 rings (SSSR count). The third-order valence-corrected chi connectivity index (χ3v) is 5.13. The Labute approximate surface area is 164 Å². The first-order valence-electron chi connectivity index (χ1n) is 9.75. The van der Waals surface area contributed by atoms with Crippen molar-refractivity contribution >= 4 is 10.9 Å². The summed E-state index contributed by atoms with van der Waals surface area (Å²) >= 11 is 0. The van der Waals surface area contributed by atoms with Crippen LogP contribution in [-0.2, 0) is 0 Å². The minimum atomic E-state index is -0.242. The van der Waals surface area contributed by atoms with Gasteiger partial charge in [-0.25, -0.2) is 9.07 Å². The summed E-state index contributed by atoms with van der Waals surface area (Å²) in [4.78, 5) is 0. The molecule has 0 spiro atoms. The second-order valence-electron chi connectivity index (χ2n) is 6.96. The molecule has 0 amide bonds. The smallest absolute Gasteiger partial charge is 0.123 e. The maximum absolute atomic E-state index is 13.2. The summed E-state index contributed by atoms with van der Waals surface area (Å²) in [6, 6.07) is 23.6. The number of hydrogen-bond donors (Lipinski definition) is 1. The van der Waals surface area contributed by atoms with Gasteiger partial charge in [-0.1, -0.05) is 43.3 Å². The quantitative estimate of drug-likeness (QED) is 0.446. The average Bonchev–Trinajstić information content (AvgIpc) is 3.16. The van der Waals surface area contributed by atoms with Gasteiger partial charge in [-0.3, -0.25) is 0 Å². The highest BCUT2D eigenvalue weighted by molar-refractivity contribution is 5.81. The van der Waals surface area contributed by atoms with Gasteiger partial charge in [0.2, 0.25) is 0 Å². The van der Waals surface area contributed by atoms with Gasteiger partial charge in [-0.15, -0.1) is 0 Å². The lowest BCUT2D eigenvalue weighted by molar-refractivity contribution is 0.627. The van der Waals surface area contributed by atoms with Crippen molar-refractivity contribution in [3.63, 3.8) is 0 Å². The minimum Gasteiger partial charge on any atom is -0.317 e. The second-order valence-corrected chi connectivity index (χ2v) is 6.96. The van der Waals surface area contributed by atoms with Crippen LogP contribution >= 0.6 is 0 Å². The number of aromatic nitrogens is 2. The van der Waals surface area contributed by atoms with Crippen LogP contribution in [0.2, 0.25) is 0 Å². The van der Waals surface area contributed by atoms with Crippen LogP contribution in [-0.4, -0.2) is 22.9 Å². The lowest BCUT2D eigenvalue weighted by atomic mass is 9.88. The highest BCUT2D eigenvalue weighted by Gasteiger charge is 2.15. The molecule has 0 saturated heterocycles. The summed E-state index contributed by atoms with van der Waals surface area (Å²) in [6.45, 7) is 4.08. The van der Waals surface area contributed by atoms with Gasteiger partial charge in [0.25, 0.3) is 0 Å². The molecule has 0 aliphatic carbocycles. The van der Waals surface area contributed by atoms with E-state index < -0.39 is 0 Å². The van der Waals surface area contributed by atoms with E-state index in [2.05, 4.69) is 65.9 Å². The zero-order valence-corrected chi connectivity index (χ0v) is 16.0.